The number of rotatable bonds is 4. The number of nitrogens with zero attached hydrogens (tertiary/aromatic N) is 2. The lowest BCUT2D eigenvalue weighted by molar-refractivity contribution is -0.141. The third kappa shape index (κ3) is 2.75. The molecular formula is C13H18N2O2. The Bertz CT molecular complexity index is 400. The fraction of sp³-hybridized carbons (Fsp3) is 0.538. The summed E-state index contributed by atoms with van der Waals surface area (Å²) < 4.78 is 0. The molecule has 0 saturated carbocycles. The van der Waals surface area contributed by atoms with Crippen LogP contribution in [0.25, 0.3) is 0 Å². The molecule has 4 nitrogen and oxygen atoms in total. The van der Waals surface area contributed by atoms with Crippen LogP contribution in [0.2, 0.25) is 0 Å². The Balaban J connectivity index is 2.18. The molecule has 1 aromatic rings. The summed E-state index contributed by atoms with van der Waals surface area (Å²) in [4.78, 5) is 17.6. The van der Waals surface area contributed by atoms with E-state index in [0.29, 0.717) is 6.42 Å². The number of carboxylic acids is 1. The fourth-order valence-electron chi connectivity index (χ4n) is 2.22. The minimum atomic E-state index is -0.749. The molecule has 1 atom stereocenters. The molecule has 92 valence electrons. The summed E-state index contributed by atoms with van der Waals surface area (Å²) in [7, 11) is 0. The van der Waals surface area contributed by atoms with Gasteiger partial charge >= 0.3 is 5.97 Å². The molecule has 0 aromatic carbocycles. The van der Waals surface area contributed by atoms with Crippen LogP contribution in [0, 0.1) is 5.92 Å². The monoisotopic (exact) mass is 234 g/mol. The summed E-state index contributed by atoms with van der Waals surface area (Å²) in [6, 6.07) is 3.86. The molecule has 2 heterocycles. The van der Waals surface area contributed by atoms with Gasteiger partial charge < -0.3 is 10.0 Å². The van der Waals surface area contributed by atoms with Crippen molar-refractivity contribution in [2.45, 2.75) is 26.2 Å². The van der Waals surface area contributed by atoms with Crippen LogP contribution in [-0.4, -0.2) is 29.1 Å². The van der Waals surface area contributed by atoms with Crippen LogP contribution in [0.15, 0.2) is 18.3 Å². The predicted octanol–water partition coefficient (Wildman–Crippen LogP) is 1.95. The van der Waals surface area contributed by atoms with Crippen molar-refractivity contribution in [1.82, 2.24) is 4.98 Å². The summed E-state index contributed by atoms with van der Waals surface area (Å²) in [6.07, 6.45) is 4.73. The molecule has 1 N–H and O–H groups in total. The van der Waals surface area contributed by atoms with Gasteiger partial charge in [0, 0.05) is 19.3 Å². The molecule has 1 aliphatic heterocycles. The molecule has 0 bridgehead atoms. The maximum Gasteiger partial charge on any atom is 0.306 e. The highest BCUT2D eigenvalue weighted by Crippen LogP contribution is 2.24. The van der Waals surface area contributed by atoms with Crippen molar-refractivity contribution in [2.75, 3.05) is 18.0 Å². The SMILES string of the molecule is CC(Cc1cccnc1N1CCCC1)C(=O)O. The maximum absolute atomic E-state index is 10.9. The zero-order valence-electron chi connectivity index (χ0n) is 10.1. The fourth-order valence-corrected chi connectivity index (χ4v) is 2.22. The van der Waals surface area contributed by atoms with Crippen molar-refractivity contribution in [1.29, 1.82) is 0 Å². The third-order valence-electron chi connectivity index (χ3n) is 3.22. The second-order valence-electron chi connectivity index (χ2n) is 4.62. The van der Waals surface area contributed by atoms with Crippen LogP contribution in [0.3, 0.4) is 0 Å². The molecular weight excluding hydrogens is 216 g/mol. The van der Waals surface area contributed by atoms with Crippen LogP contribution in [-0.2, 0) is 11.2 Å². The Kier molecular flexibility index (Phi) is 3.61. The number of anilines is 1. The lowest BCUT2D eigenvalue weighted by Crippen LogP contribution is -2.22. The normalized spacial score (nSPS) is 17.1. The van der Waals surface area contributed by atoms with E-state index in [1.165, 1.54) is 12.8 Å². The molecule has 1 aromatic heterocycles. The topological polar surface area (TPSA) is 53.4 Å². The molecule has 0 radical (unpaired) electrons. The van der Waals surface area contributed by atoms with E-state index in [2.05, 4.69) is 9.88 Å². The first-order chi connectivity index (χ1) is 8.18. The Hall–Kier alpha value is -1.58. The van der Waals surface area contributed by atoms with Gasteiger partial charge in [-0.15, -0.1) is 0 Å². The van der Waals surface area contributed by atoms with E-state index in [0.717, 1.165) is 24.5 Å². The van der Waals surface area contributed by atoms with Gasteiger partial charge in [0.05, 0.1) is 5.92 Å². The quantitative estimate of drug-likeness (QED) is 0.865. The van der Waals surface area contributed by atoms with E-state index in [4.69, 9.17) is 5.11 Å². The average Bonchev–Trinajstić information content (AvgIpc) is 2.83. The first-order valence-corrected chi connectivity index (χ1v) is 6.10. The second kappa shape index (κ2) is 5.17. The van der Waals surface area contributed by atoms with Gasteiger partial charge in [0.25, 0.3) is 0 Å². The molecule has 0 spiro atoms. The molecule has 4 heteroatoms. The number of aromatic nitrogens is 1. The van der Waals surface area contributed by atoms with E-state index in [9.17, 15) is 4.79 Å². The van der Waals surface area contributed by atoms with Crippen molar-refractivity contribution < 1.29 is 9.90 Å². The van der Waals surface area contributed by atoms with Crippen molar-refractivity contribution >= 4 is 11.8 Å². The zero-order chi connectivity index (χ0) is 12.3. The van der Waals surface area contributed by atoms with Gasteiger partial charge in [0.1, 0.15) is 5.82 Å². The van der Waals surface area contributed by atoms with Crippen molar-refractivity contribution in [3.8, 4) is 0 Å². The molecule has 2 rings (SSSR count). The van der Waals surface area contributed by atoms with Crippen LogP contribution in [0.4, 0.5) is 5.82 Å². The molecule has 17 heavy (non-hydrogen) atoms. The first-order valence-electron chi connectivity index (χ1n) is 6.10. The summed E-state index contributed by atoms with van der Waals surface area (Å²) in [6.45, 7) is 3.81. The Morgan fingerprint density at radius 2 is 2.24 bits per heavy atom. The van der Waals surface area contributed by atoms with Gasteiger partial charge in [-0.3, -0.25) is 4.79 Å². The van der Waals surface area contributed by atoms with Gasteiger partial charge in [-0.05, 0) is 30.9 Å². The largest absolute Gasteiger partial charge is 0.481 e. The van der Waals surface area contributed by atoms with Crippen LogP contribution < -0.4 is 4.90 Å². The van der Waals surface area contributed by atoms with Crippen molar-refractivity contribution in [2.24, 2.45) is 5.92 Å². The Morgan fingerprint density at radius 3 is 2.88 bits per heavy atom. The molecule has 1 unspecified atom stereocenters. The Morgan fingerprint density at radius 1 is 1.53 bits per heavy atom. The molecule has 1 saturated heterocycles. The minimum absolute atomic E-state index is 0.361. The predicted molar refractivity (Wildman–Crippen MR) is 66.2 cm³/mol. The van der Waals surface area contributed by atoms with Crippen LogP contribution in [0.5, 0.6) is 0 Å². The lowest BCUT2D eigenvalue weighted by Gasteiger charge is -2.20. The highest BCUT2D eigenvalue weighted by Gasteiger charge is 2.19. The van der Waals surface area contributed by atoms with Crippen molar-refractivity contribution in [3.05, 3.63) is 23.9 Å². The van der Waals surface area contributed by atoms with Crippen molar-refractivity contribution in [3.63, 3.8) is 0 Å². The van der Waals surface area contributed by atoms with Crippen LogP contribution in [0.1, 0.15) is 25.3 Å². The van der Waals surface area contributed by atoms with Gasteiger partial charge in [-0.1, -0.05) is 13.0 Å². The van der Waals surface area contributed by atoms with Gasteiger partial charge in [0.2, 0.25) is 0 Å². The van der Waals surface area contributed by atoms with Crippen LogP contribution >= 0.6 is 0 Å². The summed E-state index contributed by atoms with van der Waals surface area (Å²) in [5.74, 6) is -0.139. The standard InChI is InChI=1S/C13H18N2O2/c1-10(13(16)17)9-11-5-4-6-14-12(11)15-7-2-3-8-15/h4-6,10H,2-3,7-9H2,1H3,(H,16,17). The van der Waals surface area contributed by atoms with E-state index >= 15 is 0 Å². The lowest BCUT2D eigenvalue weighted by atomic mass is 10.0. The van der Waals surface area contributed by atoms with Gasteiger partial charge in [-0.2, -0.15) is 0 Å². The summed E-state index contributed by atoms with van der Waals surface area (Å²) in [5.41, 5.74) is 1.05. The summed E-state index contributed by atoms with van der Waals surface area (Å²) in [5, 5.41) is 8.97. The first kappa shape index (κ1) is 11.9. The third-order valence-corrected chi connectivity index (χ3v) is 3.22. The maximum atomic E-state index is 10.9. The number of aliphatic carboxylic acids is 1. The number of hydrogen-bond donors (Lipinski definition) is 1. The highest BCUT2D eigenvalue weighted by molar-refractivity contribution is 5.70. The minimum Gasteiger partial charge on any atom is -0.481 e. The molecule has 1 fully saturated rings. The number of pyridine rings is 1. The number of carboxylic acid groups (broad SMARTS) is 1. The molecule has 0 amide bonds. The molecule has 1 aliphatic rings. The average molecular weight is 234 g/mol. The van der Waals surface area contributed by atoms with Gasteiger partial charge in [-0.25, -0.2) is 4.98 Å². The molecule has 0 aliphatic carbocycles. The number of carbonyl (C=O) groups is 1. The Labute approximate surface area is 101 Å². The van der Waals surface area contributed by atoms with E-state index in [1.54, 1.807) is 13.1 Å². The summed E-state index contributed by atoms with van der Waals surface area (Å²) >= 11 is 0. The number of hydrogen-bond acceptors (Lipinski definition) is 3. The van der Waals surface area contributed by atoms with Gasteiger partial charge in [0.15, 0.2) is 0 Å². The highest BCUT2D eigenvalue weighted by atomic mass is 16.4. The smallest absolute Gasteiger partial charge is 0.306 e. The van der Waals surface area contributed by atoms with E-state index in [1.807, 2.05) is 12.1 Å². The zero-order valence-corrected chi connectivity index (χ0v) is 10.1. The van der Waals surface area contributed by atoms with E-state index < -0.39 is 5.97 Å². The second-order valence-corrected chi connectivity index (χ2v) is 4.62. The van der Waals surface area contributed by atoms with E-state index in [-0.39, 0.29) is 5.92 Å².